The summed E-state index contributed by atoms with van der Waals surface area (Å²) >= 11 is 6.04. The normalized spacial score (nSPS) is 17.7. The zero-order chi connectivity index (χ0) is 25.1. The van der Waals surface area contributed by atoms with Gasteiger partial charge in [0.1, 0.15) is 17.5 Å². The number of carbonyl (C=O) groups is 5. The lowest BCUT2D eigenvalue weighted by Gasteiger charge is -2.28. The second-order valence-electron chi connectivity index (χ2n) is 8.02. The molecule has 2 aromatic rings. The Kier molecular flexibility index (Phi) is 6.83. The molecule has 35 heavy (non-hydrogen) atoms. The summed E-state index contributed by atoms with van der Waals surface area (Å²) in [5, 5.41) is 8.14. The number of imide groups is 2. The van der Waals surface area contributed by atoms with Crippen LogP contribution in [0.1, 0.15) is 24.0 Å². The Bertz CT molecular complexity index is 1270. The highest BCUT2D eigenvalue weighted by Crippen LogP contribution is 2.24. The Morgan fingerprint density at radius 3 is 2.71 bits per heavy atom. The maximum Gasteiger partial charge on any atom is 0.412 e. The first-order valence-electron chi connectivity index (χ1n) is 10.7. The SMILES string of the molecule is Cc1ccc(OC(=O)NCc2cccc(NC3=CC(=O)N(C4CCC(=O)NC4=O)C3=O)c2)cc1Cl. The minimum Gasteiger partial charge on any atom is -0.410 e. The molecule has 2 aliphatic heterocycles. The number of aryl methyl sites for hydroxylation is 1. The molecule has 1 saturated heterocycles. The molecular weight excluding hydrogens is 476 g/mol. The molecule has 0 radical (unpaired) electrons. The molecule has 4 rings (SSSR count). The third-order valence-electron chi connectivity index (χ3n) is 5.47. The van der Waals surface area contributed by atoms with E-state index in [2.05, 4.69) is 16.0 Å². The molecular formula is C24H21ClN4O6. The van der Waals surface area contributed by atoms with Crippen LogP contribution in [0.5, 0.6) is 5.75 Å². The summed E-state index contributed by atoms with van der Waals surface area (Å²) < 4.78 is 5.22. The number of nitrogens with zero attached hydrogens (tertiary/aromatic N) is 1. The van der Waals surface area contributed by atoms with Crippen molar-refractivity contribution >= 4 is 47.0 Å². The average Bonchev–Trinajstić information content (AvgIpc) is 3.08. The van der Waals surface area contributed by atoms with Crippen molar-refractivity contribution in [2.45, 2.75) is 32.4 Å². The van der Waals surface area contributed by atoms with Crippen LogP contribution < -0.4 is 20.7 Å². The van der Waals surface area contributed by atoms with E-state index in [0.717, 1.165) is 16.5 Å². The first-order valence-corrected chi connectivity index (χ1v) is 11.1. The number of amides is 5. The molecule has 5 amide bonds. The highest BCUT2D eigenvalue weighted by molar-refractivity contribution is 6.31. The quantitative estimate of drug-likeness (QED) is 0.523. The predicted octanol–water partition coefficient (Wildman–Crippen LogP) is 2.41. The van der Waals surface area contributed by atoms with Crippen LogP contribution in [0, 0.1) is 6.92 Å². The van der Waals surface area contributed by atoms with Crippen molar-refractivity contribution in [2.24, 2.45) is 0 Å². The molecule has 0 bridgehead atoms. The van der Waals surface area contributed by atoms with Gasteiger partial charge in [0.15, 0.2) is 0 Å². The van der Waals surface area contributed by atoms with E-state index in [4.69, 9.17) is 16.3 Å². The van der Waals surface area contributed by atoms with Gasteiger partial charge in [-0.25, -0.2) is 4.79 Å². The lowest BCUT2D eigenvalue weighted by atomic mass is 10.0. The summed E-state index contributed by atoms with van der Waals surface area (Å²) in [6.07, 6.45) is 0.573. The number of benzene rings is 2. The summed E-state index contributed by atoms with van der Waals surface area (Å²) in [7, 11) is 0. The Morgan fingerprint density at radius 1 is 1.17 bits per heavy atom. The molecule has 1 fully saturated rings. The van der Waals surface area contributed by atoms with Crippen molar-refractivity contribution in [3.8, 4) is 5.75 Å². The van der Waals surface area contributed by atoms with E-state index in [1.165, 1.54) is 0 Å². The third-order valence-corrected chi connectivity index (χ3v) is 5.88. The van der Waals surface area contributed by atoms with Crippen LogP contribution in [-0.2, 0) is 25.7 Å². The average molecular weight is 497 g/mol. The van der Waals surface area contributed by atoms with Crippen molar-refractivity contribution in [1.29, 1.82) is 0 Å². The monoisotopic (exact) mass is 496 g/mol. The summed E-state index contributed by atoms with van der Waals surface area (Å²) in [6, 6.07) is 10.7. The molecule has 0 saturated carbocycles. The second-order valence-corrected chi connectivity index (χ2v) is 8.42. The number of carbonyl (C=O) groups excluding carboxylic acids is 5. The summed E-state index contributed by atoms with van der Waals surface area (Å²) in [4.78, 5) is 61.6. The molecule has 2 aliphatic rings. The van der Waals surface area contributed by atoms with Gasteiger partial charge in [-0.15, -0.1) is 0 Å². The van der Waals surface area contributed by atoms with Crippen LogP contribution in [0.4, 0.5) is 10.5 Å². The maximum absolute atomic E-state index is 12.8. The van der Waals surface area contributed by atoms with Crippen LogP contribution in [-0.4, -0.2) is 40.7 Å². The van der Waals surface area contributed by atoms with Crippen molar-refractivity contribution < 1.29 is 28.7 Å². The van der Waals surface area contributed by atoms with Crippen molar-refractivity contribution in [1.82, 2.24) is 15.5 Å². The van der Waals surface area contributed by atoms with Crippen LogP contribution >= 0.6 is 11.6 Å². The first kappa shape index (κ1) is 24.0. The number of nitrogens with one attached hydrogen (secondary N) is 3. The Labute approximate surface area is 205 Å². The largest absolute Gasteiger partial charge is 0.412 e. The number of hydrogen-bond acceptors (Lipinski definition) is 7. The molecule has 0 aromatic heterocycles. The fourth-order valence-corrected chi connectivity index (χ4v) is 3.84. The predicted molar refractivity (Wildman–Crippen MR) is 125 cm³/mol. The highest BCUT2D eigenvalue weighted by Gasteiger charge is 2.42. The van der Waals surface area contributed by atoms with Gasteiger partial charge in [-0.05, 0) is 48.7 Å². The molecule has 0 spiro atoms. The number of ether oxygens (including phenoxy) is 1. The van der Waals surface area contributed by atoms with E-state index in [1.54, 1.807) is 42.5 Å². The van der Waals surface area contributed by atoms with Gasteiger partial charge in [-0.1, -0.05) is 29.8 Å². The first-order chi connectivity index (χ1) is 16.7. The molecule has 2 aromatic carbocycles. The van der Waals surface area contributed by atoms with Crippen LogP contribution in [0.15, 0.2) is 54.2 Å². The topological polar surface area (TPSA) is 134 Å². The number of halogens is 1. The molecule has 10 nitrogen and oxygen atoms in total. The third kappa shape index (κ3) is 5.49. The van der Waals surface area contributed by atoms with E-state index in [-0.39, 0.29) is 25.1 Å². The number of anilines is 1. The van der Waals surface area contributed by atoms with Gasteiger partial charge in [-0.3, -0.25) is 29.4 Å². The van der Waals surface area contributed by atoms with Gasteiger partial charge >= 0.3 is 6.09 Å². The lowest BCUT2D eigenvalue weighted by molar-refractivity contribution is -0.149. The number of hydrogen-bond donors (Lipinski definition) is 3. The van der Waals surface area contributed by atoms with Gasteiger partial charge in [0.05, 0.1) is 0 Å². The minimum absolute atomic E-state index is 0.000434. The highest BCUT2D eigenvalue weighted by atomic mass is 35.5. The van der Waals surface area contributed by atoms with Gasteiger partial charge in [0, 0.05) is 29.8 Å². The zero-order valence-corrected chi connectivity index (χ0v) is 19.3. The van der Waals surface area contributed by atoms with Crippen molar-refractivity contribution in [2.75, 3.05) is 5.32 Å². The fraction of sp³-hybridized carbons (Fsp3) is 0.208. The van der Waals surface area contributed by atoms with E-state index < -0.39 is 35.8 Å². The summed E-state index contributed by atoms with van der Waals surface area (Å²) in [6.45, 7) is 1.98. The molecule has 1 unspecified atom stereocenters. The Balaban J connectivity index is 1.35. The molecule has 11 heteroatoms. The molecule has 0 aliphatic carbocycles. The molecule has 1 atom stereocenters. The van der Waals surface area contributed by atoms with Gasteiger partial charge in [0.25, 0.3) is 11.8 Å². The van der Waals surface area contributed by atoms with Gasteiger partial charge in [-0.2, -0.15) is 0 Å². The van der Waals surface area contributed by atoms with Gasteiger partial charge in [0.2, 0.25) is 11.8 Å². The molecule has 2 heterocycles. The van der Waals surface area contributed by atoms with Crippen LogP contribution in [0.25, 0.3) is 0 Å². The van der Waals surface area contributed by atoms with Crippen molar-refractivity contribution in [3.63, 3.8) is 0 Å². The Hall–Kier alpha value is -4.18. The molecule has 3 N–H and O–H groups in total. The standard InChI is InChI=1S/C24H21ClN4O6/c1-13-5-6-16(10-17(13)25)35-24(34)26-12-14-3-2-4-15(9-14)27-18-11-21(31)29(23(18)33)19-7-8-20(30)28-22(19)32/h2-6,9-11,19,27H,7-8,12H2,1H3,(H,26,34)(H,28,30,32). The summed E-state index contributed by atoms with van der Waals surface area (Å²) in [5.74, 6) is -2.10. The van der Waals surface area contributed by atoms with Crippen LogP contribution in [0.2, 0.25) is 5.02 Å². The fourth-order valence-electron chi connectivity index (χ4n) is 3.67. The van der Waals surface area contributed by atoms with Gasteiger partial charge < -0.3 is 15.4 Å². The second kappa shape index (κ2) is 9.98. The van der Waals surface area contributed by atoms with E-state index in [0.29, 0.717) is 22.0 Å². The zero-order valence-electron chi connectivity index (χ0n) is 18.6. The van der Waals surface area contributed by atoms with E-state index in [9.17, 15) is 24.0 Å². The number of piperidine rings is 1. The summed E-state index contributed by atoms with van der Waals surface area (Å²) in [5.41, 5.74) is 2.07. The maximum atomic E-state index is 12.8. The van der Waals surface area contributed by atoms with E-state index in [1.807, 2.05) is 6.92 Å². The minimum atomic E-state index is -1.03. The van der Waals surface area contributed by atoms with E-state index >= 15 is 0 Å². The lowest BCUT2D eigenvalue weighted by Crippen LogP contribution is -2.54. The molecule has 180 valence electrons. The van der Waals surface area contributed by atoms with Crippen LogP contribution in [0.3, 0.4) is 0 Å². The number of rotatable bonds is 6. The smallest absolute Gasteiger partial charge is 0.410 e. The van der Waals surface area contributed by atoms with Crippen molar-refractivity contribution in [3.05, 3.63) is 70.4 Å². The Morgan fingerprint density at radius 2 is 1.97 bits per heavy atom.